The summed E-state index contributed by atoms with van der Waals surface area (Å²) in [4.78, 5) is 19.0. The maximum Gasteiger partial charge on any atom is 0.250 e. The van der Waals surface area contributed by atoms with E-state index in [0.29, 0.717) is 5.11 Å². The van der Waals surface area contributed by atoms with Crippen molar-refractivity contribution in [3.63, 3.8) is 0 Å². The van der Waals surface area contributed by atoms with Crippen LogP contribution in [0.2, 0.25) is 0 Å². The van der Waals surface area contributed by atoms with Gasteiger partial charge < -0.3 is 24.8 Å². The molecule has 1 saturated heterocycles. The van der Waals surface area contributed by atoms with Crippen molar-refractivity contribution in [1.82, 2.24) is 14.9 Å². The Morgan fingerprint density at radius 1 is 1.00 bits per heavy atom. The van der Waals surface area contributed by atoms with Gasteiger partial charge in [0.05, 0.1) is 17.8 Å². The number of nitrogens with one attached hydrogen (secondary N) is 2. The molecule has 2 N–H and O–H groups in total. The first-order chi connectivity index (χ1) is 18.8. The third kappa shape index (κ3) is 4.93. The highest BCUT2D eigenvalue weighted by Gasteiger charge is 2.43. The van der Waals surface area contributed by atoms with Crippen LogP contribution in [0, 0.1) is 27.7 Å². The summed E-state index contributed by atoms with van der Waals surface area (Å²) < 4.78 is 7.28. The molecule has 8 heteroatoms. The minimum atomic E-state index is -0.191. The van der Waals surface area contributed by atoms with Crippen molar-refractivity contribution >= 4 is 34.6 Å². The zero-order valence-electron chi connectivity index (χ0n) is 22.9. The Hall–Kier alpha value is -4.01. The molecule has 0 bridgehead atoms. The molecule has 1 fully saturated rings. The quantitative estimate of drug-likeness (QED) is 0.286. The van der Waals surface area contributed by atoms with E-state index in [1.165, 1.54) is 29.6 Å². The highest BCUT2D eigenvalue weighted by molar-refractivity contribution is 7.80. The summed E-state index contributed by atoms with van der Waals surface area (Å²) in [5.74, 6) is -0.191. The predicted molar refractivity (Wildman–Crippen MR) is 160 cm³/mol. The number of hydrogen-bond acceptors (Lipinski definition) is 4. The van der Waals surface area contributed by atoms with Crippen LogP contribution in [0.4, 0.5) is 11.4 Å². The summed E-state index contributed by atoms with van der Waals surface area (Å²) in [7, 11) is 1.51. The number of carbonyl (C=O) groups is 1. The Bertz CT molecular complexity index is 1520. The van der Waals surface area contributed by atoms with E-state index >= 15 is 0 Å². The van der Waals surface area contributed by atoms with E-state index in [1.807, 2.05) is 49.5 Å². The minimum Gasteiger partial charge on any atom is -0.375 e. The predicted octanol–water partition coefficient (Wildman–Crippen LogP) is 5.87. The fourth-order valence-corrected chi connectivity index (χ4v) is 5.93. The molecular formula is C31H33N5O2S. The van der Waals surface area contributed by atoms with Crippen LogP contribution in [0.25, 0.3) is 5.69 Å². The molecule has 2 aromatic heterocycles. The third-order valence-electron chi connectivity index (χ3n) is 7.45. The van der Waals surface area contributed by atoms with Crippen LogP contribution in [-0.4, -0.2) is 34.3 Å². The van der Waals surface area contributed by atoms with Gasteiger partial charge in [0.15, 0.2) is 5.11 Å². The van der Waals surface area contributed by atoms with Crippen molar-refractivity contribution in [2.24, 2.45) is 0 Å². The van der Waals surface area contributed by atoms with Crippen LogP contribution in [0.1, 0.15) is 45.9 Å². The number of amides is 1. The molecule has 0 unspecified atom stereocenters. The van der Waals surface area contributed by atoms with Crippen molar-refractivity contribution in [1.29, 1.82) is 0 Å². The van der Waals surface area contributed by atoms with Crippen LogP contribution < -0.4 is 15.5 Å². The summed E-state index contributed by atoms with van der Waals surface area (Å²) in [6.07, 6.45) is 1.82. The summed E-state index contributed by atoms with van der Waals surface area (Å²) in [5.41, 5.74) is 9.48. The number of anilines is 2. The molecule has 3 heterocycles. The average molecular weight is 540 g/mol. The number of para-hydroxylation sites is 1. The van der Waals surface area contributed by atoms with Gasteiger partial charge in [0.1, 0.15) is 6.61 Å². The molecule has 7 nitrogen and oxygen atoms in total. The summed E-state index contributed by atoms with van der Waals surface area (Å²) in [6, 6.07) is 22.1. The van der Waals surface area contributed by atoms with Crippen molar-refractivity contribution in [2.75, 3.05) is 23.9 Å². The number of aromatic nitrogens is 2. The number of thiocarbonyl (C=S) groups is 1. The second-order valence-electron chi connectivity index (χ2n) is 9.86. The van der Waals surface area contributed by atoms with Gasteiger partial charge in [0, 0.05) is 47.3 Å². The number of aryl methyl sites for hydroxylation is 1. The maximum atomic E-state index is 12.1. The summed E-state index contributed by atoms with van der Waals surface area (Å²) in [5, 5.41) is 7.13. The van der Waals surface area contributed by atoms with Crippen molar-refractivity contribution in [2.45, 2.75) is 39.8 Å². The van der Waals surface area contributed by atoms with E-state index in [4.69, 9.17) is 21.9 Å². The van der Waals surface area contributed by atoms with Crippen LogP contribution in [0.5, 0.6) is 0 Å². The van der Waals surface area contributed by atoms with Gasteiger partial charge in [-0.1, -0.05) is 24.3 Å². The average Bonchev–Trinajstić information content (AvgIpc) is 3.38. The molecule has 0 radical (unpaired) electrons. The summed E-state index contributed by atoms with van der Waals surface area (Å²) in [6.45, 7) is 8.52. The Balaban J connectivity index is 1.64. The van der Waals surface area contributed by atoms with Gasteiger partial charge >= 0.3 is 0 Å². The lowest BCUT2D eigenvalue weighted by atomic mass is 9.93. The number of ether oxygens (including phenoxy) is 1. The minimum absolute atomic E-state index is 0.00542. The molecular weight excluding hydrogens is 506 g/mol. The Morgan fingerprint density at radius 3 is 2.41 bits per heavy atom. The van der Waals surface area contributed by atoms with Crippen LogP contribution in [-0.2, 0) is 9.53 Å². The van der Waals surface area contributed by atoms with Gasteiger partial charge in [-0.2, -0.15) is 0 Å². The number of benzene rings is 2. The molecule has 200 valence electrons. The van der Waals surface area contributed by atoms with Gasteiger partial charge in [-0.3, -0.25) is 9.78 Å². The van der Waals surface area contributed by atoms with Crippen molar-refractivity contribution in [3.05, 3.63) is 107 Å². The molecule has 39 heavy (non-hydrogen) atoms. The number of rotatable bonds is 7. The van der Waals surface area contributed by atoms with Gasteiger partial charge in [-0.25, -0.2) is 0 Å². The molecule has 1 aliphatic heterocycles. The lowest BCUT2D eigenvalue weighted by molar-refractivity contribution is -0.119. The second kappa shape index (κ2) is 11.0. The van der Waals surface area contributed by atoms with Gasteiger partial charge in [0.25, 0.3) is 0 Å². The van der Waals surface area contributed by atoms with Crippen molar-refractivity contribution in [3.8, 4) is 5.69 Å². The third-order valence-corrected chi connectivity index (χ3v) is 7.77. The first kappa shape index (κ1) is 26.6. The van der Waals surface area contributed by atoms with Crippen molar-refractivity contribution < 1.29 is 9.53 Å². The fraction of sp³-hybridized carbons (Fsp3) is 0.258. The molecule has 1 amide bonds. The standard InChI is InChI=1S/C31H33N5O2S/c1-19-17-24(14-15-25(19)33-27(37)18-38-5)36-30(29(34-31(36)39)26-13-9-10-16-32-26)28-20(2)21(3)35(22(28)4)23-11-7-6-8-12-23/h6-17,29-30H,18H2,1-5H3,(H,33,37)(H,34,39)/t29-,30+/m0/s1. The molecule has 5 rings (SSSR count). The lowest BCUT2D eigenvalue weighted by Crippen LogP contribution is -2.30. The highest BCUT2D eigenvalue weighted by atomic mass is 32.1. The lowest BCUT2D eigenvalue weighted by Gasteiger charge is -2.29. The number of carbonyl (C=O) groups excluding carboxylic acids is 1. The smallest absolute Gasteiger partial charge is 0.250 e. The fourth-order valence-electron chi connectivity index (χ4n) is 5.59. The molecule has 0 spiro atoms. The van der Waals surface area contributed by atoms with E-state index in [0.717, 1.165) is 28.3 Å². The molecule has 0 aliphatic carbocycles. The zero-order valence-corrected chi connectivity index (χ0v) is 23.7. The molecule has 4 aromatic rings. The topological polar surface area (TPSA) is 71.4 Å². The number of pyridine rings is 1. The molecule has 1 aliphatic rings. The van der Waals surface area contributed by atoms with Gasteiger partial charge in [-0.05, 0) is 93.5 Å². The Morgan fingerprint density at radius 2 is 1.74 bits per heavy atom. The maximum absolute atomic E-state index is 12.1. The van der Waals surface area contributed by atoms with E-state index < -0.39 is 0 Å². The molecule has 2 aromatic carbocycles. The van der Waals surface area contributed by atoms with Crippen LogP contribution in [0.15, 0.2) is 72.9 Å². The SMILES string of the molecule is COCC(=O)Nc1ccc(N2C(=S)N[C@@H](c3ccccn3)[C@H]2c2c(C)c(C)n(-c3ccccc3)c2C)cc1C. The largest absolute Gasteiger partial charge is 0.375 e. The van der Waals surface area contributed by atoms with E-state index in [-0.39, 0.29) is 24.6 Å². The summed E-state index contributed by atoms with van der Waals surface area (Å²) >= 11 is 5.97. The Kier molecular flexibility index (Phi) is 7.50. The zero-order chi connectivity index (χ0) is 27.7. The van der Waals surface area contributed by atoms with E-state index in [1.54, 1.807) is 0 Å². The molecule has 2 atom stereocenters. The second-order valence-corrected chi connectivity index (χ2v) is 10.2. The van der Waals surface area contributed by atoms with Crippen LogP contribution in [0.3, 0.4) is 0 Å². The Labute approximate surface area is 234 Å². The highest BCUT2D eigenvalue weighted by Crippen LogP contribution is 2.45. The van der Waals surface area contributed by atoms with E-state index in [2.05, 4.69) is 71.2 Å². The normalized spacial score (nSPS) is 16.8. The van der Waals surface area contributed by atoms with Gasteiger partial charge in [0.2, 0.25) is 5.91 Å². The first-order valence-electron chi connectivity index (χ1n) is 13.0. The number of hydrogen-bond donors (Lipinski definition) is 2. The van der Waals surface area contributed by atoms with Crippen LogP contribution >= 0.6 is 12.2 Å². The number of methoxy groups -OCH3 is 1. The first-order valence-corrected chi connectivity index (χ1v) is 13.4. The number of nitrogens with zero attached hydrogens (tertiary/aromatic N) is 3. The monoisotopic (exact) mass is 539 g/mol. The molecule has 0 saturated carbocycles. The van der Waals surface area contributed by atoms with Gasteiger partial charge in [-0.15, -0.1) is 0 Å². The van der Waals surface area contributed by atoms with E-state index in [9.17, 15) is 4.79 Å².